The zero-order chi connectivity index (χ0) is 13.7. The van der Waals surface area contributed by atoms with E-state index < -0.39 is 0 Å². The molecule has 0 saturated heterocycles. The van der Waals surface area contributed by atoms with Gasteiger partial charge in [-0.2, -0.15) is 0 Å². The van der Waals surface area contributed by atoms with Crippen LogP contribution in [0.4, 0.5) is 4.39 Å². The summed E-state index contributed by atoms with van der Waals surface area (Å²) in [6.45, 7) is 2.31. The van der Waals surface area contributed by atoms with Gasteiger partial charge in [-0.25, -0.2) is 4.39 Å². The topological polar surface area (TPSA) is 0 Å². The van der Waals surface area contributed by atoms with Gasteiger partial charge in [-0.05, 0) is 58.1 Å². The smallest absolute Gasteiger partial charge is 0.123 e. The van der Waals surface area contributed by atoms with Crippen LogP contribution in [0.1, 0.15) is 23.6 Å². The molecule has 0 aliphatic heterocycles. The molecule has 2 heterocycles. The maximum Gasteiger partial charge on any atom is 0.123 e. The van der Waals surface area contributed by atoms with Crippen molar-refractivity contribution in [1.82, 2.24) is 0 Å². The summed E-state index contributed by atoms with van der Waals surface area (Å²) in [4.78, 5) is 2.83. The van der Waals surface area contributed by atoms with E-state index in [0.29, 0.717) is 0 Å². The monoisotopic (exact) mass is 300 g/mol. The maximum absolute atomic E-state index is 13.1. The highest BCUT2D eigenvalue weighted by molar-refractivity contribution is 7.21. The minimum absolute atomic E-state index is 0.0164. The number of halogens is 1. The number of benzene rings is 1. The van der Waals surface area contributed by atoms with Crippen molar-refractivity contribution in [3.8, 4) is 9.75 Å². The first kappa shape index (κ1) is 12.3. The average molecular weight is 300 g/mol. The van der Waals surface area contributed by atoms with E-state index in [2.05, 4.69) is 29.8 Å². The fourth-order valence-corrected chi connectivity index (χ4v) is 5.43. The second-order valence-electron chi connectivity index (χ2n) is 5.46. The summed E-state index contributed by atoms with van der Waals surface area (Å²) in [5.74, 6) is -0.169. The molecule has 1 aromatic carbocycles. The van der Waals surface area contributed by atoms with Gasteiger partial charge in [0.15, 0.2) is 0 Å². The molecule has 3 aromatic rings. The number of rotatable bonds is 2. The van der Waals surface area contributed by atoms with Gasteiger partial charge in [0.05, 0.1) is 0 Å². The van der Waals surface area contributed by atoms with Crippen molar-refractivity contribution in [2.75, 3.05) is 0 Å². The Kier molecular flexibility index (Phi) is 2.63. The van der Waals surface area contributed by atoms with Crippen molar-refractivity contribution < 1.29 is 4.39 Å². The first-order chi connectivity index (χ1) is 9.68. The third kappa shape index (κ3) is 1.63. The van der Waals surface area contributed by atoms with E-state index in [0.717, 1.165) is 6.42 Å². The van der Waals surface area contributed by atoms with Gasteiger partial charge < -0.3 is 0 Å². The lowest BCUT2D eigenvalue weighted by atomic mass is 9.76. The second-order valence-corrected chi connectivity index (χ2v) is 7.29. The van der Waals surface area contributed by atoms with Gasteiger partial charge in [0.1, 0.15) is 5.82 Å². The third-order valence-corrected chi connectivity index (χ3v) is 6.19. The zero-order valence-electron chi connectivity index (χ0n) is 11.0. The Balaban J connectivity index is 1.83. The maximum atomic E-state index is 13.1. The van der Waals surface area contributed by atoms with E-state index in [-0.39, 0.29) is 11.2 Å². The Labute approximate surface area is 125 Å². The van der Waals surface area contributed by atoms with Crippen LogP contribution in [0.2, 0.25) is 0 Å². The fourth-order valence-electron chi connectivity index (χ4n) is 3.19. The molecule has 20 heavy (non-hydrogen) atoms. The molecule has 100 valence electrons. The van der Waals surface area contributed by atoms with Gasteiger partial charge in [-0.1, -0.05) is 19.1 Å². The molecule has 0 nitrogen and oxygen atoms in total. The lowest BCUT2D eigenvalue weighted by molar-refractivity contribution is 0.582. The van der Waals surface area contributed by atoms with E-state index in [1.54, 1.807) is 12.1 Å². The summed E-state index contributed by atoms with van der Waals surface area (Å²) >= 11 is 3.65. The van der Waals surface area contributed by atoms with Gasteiger partial charge >= 0.3 is 0 Å². The predicted octanol–water partition coefficient (Wildman–Crippen LogP) is 5.48. The third-order valence-electron chi connectivity index (χ3n) is 4.20. The van der Waals surface area contributed by atoms with Crippen LogP contribution in [0, 0.1) is 5.82 Å². The zero-order valence-corrected chi connectivity index (χ0v) is 12.7. The van der Waals surface area contributed by atoms with E-state index in [1.807, 2.05) is 34.8 Å². The van der Waals surface area contributed by atoms with Crippen LogP contribution in [0.25, 0.3) is 9.75 Å². The van der Waals surface area contributed by atoms with E-state index >= 15 is 0 Å². The molecule has 0 amide bonds. The fraction of sp³-hybridized carbons (Fsp3) is 0.176. The standard InChI is InChI=1S/C17H13FS2/c1-17(10-11-2-4-12(18)5-3-11)13-6-8-19-15(13)16-14(17)7-9-20-16/h2-9H,10H2,1H3. The number of hydrogen-bond acceptors (Lipinski definition) is 2. The molecular formula is C17H13FS2. The first-order valence-corrected chi connectivity index (χ1v) is 8.35. The normalized spacial score (nSPS) is 15.1. The van der Waals surface area contributed by atoms with Crippen LogP contribution in [-0.4, -0.2) is 0 Å². The van der Waals surface area contributed by atoms with Crippen molar-refractivity contribution in [2.45, 2.75) is 18.8 Å². The minimum Gasteiger partial charge on any atom is -0.207 e. The Morgan fingerprint density at radius 1 is 0.900 bits per heavy atom. The molecule has 1 aliphatic carbocycles. The number of thiophene rings is 2. The van der Waals surface area contributed by atoms with E-state index in [9.17, 15) is 4.39 Å². The largest absolute Gasteiger partial charge is 0.207 e. The van der Waals surface area contributed by atoms with Crippen molar-refractivity contribution in [3.05, 3.63) is 69.7 Å². The summed E-state index contributed by atoms with van der Waals surface area (Å²) in [6, 6.07) is 11.4. The van der Waals surface area contributed by atoms with Crippen molar-refractivity contribution in [3.63, 3.8) is 0 Å². The van der Waals surface area contributed by atoms with Gasteiger partial charge in [0, 0.05) is 15.2 Å². The van der Waals surface area contributed by atoms with Crippen molar-refractivity contribution >= 4 is 22.7 Å². The SMILES string of the molecule is CC1(Cc2ccc(F)cc2)c2ccsc2-c2sccc21. The summed E-state index contributed by atoms with van der Waals surface area (Å²) in [5.41, 5.74) is 4.05. The highest BCUT2D eigenvalue weighted by atomic mass is 32.1. The number of hydrogen-bond donors (Lipinski definition) is 0. The summed E-state index contributed by atoms with van der Waals surface area (Å²) in [7, 11) is 0. The summed E-state index contributed by atoms with van der Waals surface area (Å²) in [5, 5.41) is 4.35. The predicted molar refractivity (Wildman–Crippen MR) is 84.2 cm³/mol. The lowest BCUT2D eigenvalue weighted by Gasteiger charge is -2.26. The molecule has 0 atom stereocenters. The summed E-state index contributed by atoms with van der Waals surface area (Å²) < 4.78 is 13.1. The Hall–Kier alpha value is -1.45. The highest BCUT2D eigenvalue weighted by Crippen LogP contribution is 2.54. The molecular weight excluding hydrogens is 287 g/mol. The highest BCUT2D eigenvalue weighted by Gasteiger charge is 2.41. The van der Waals surface area contributed by atoms with E-state index in [1.165, 1.54) is 26.4 Å². The van der Waals surface area contributed by atoms with Crippen molar-refractivity contribution in [2.24, 2.45) is 0 Å². The van der Waals surface area contributed by atoms with Crippen LogP contribution in [0.5, 0.6) is 0 Å². The molecule has 0 radical (unpaired) electrons. The molecule has 2 aromatic heterocycles. The van der Waals surface area contributed by atoms with Gasteiger partial charge in [0.25, 0.3) is 0 Å². The molecule has 0 fully saturated rings. The molecule has 1 aliphatic rings. The van der Waals surface area contributed by atoms with Crippen LogP contribution < -0.4 is 0 Å². The van der Waals surface area contributed by atoms with E-state index in [4.69, 9.17) is 0 Å². The Morgan fingerprint density at radius 2 is 1.45 bits per heavy atom. The van der Waals surface area contributed by atoms with Crippen LogP contribution >= 0.6 is 22.7 Å². The molecule has 0 N–H and O–H groups in total. The Morgan fingerprint density at radius 3 is 2.00 bits per heavy atom. The van der Waals surface area contributed by atoms with Gasteiger partial charge in [0.2, 0.25) is 0 Å². The molecule has 3 heteroatoms. The number of fused-ring (bicyclic) bond motifs is 3. The van der Waals surface area contributed by atoms with Crippen LogP contribution in [-0.2, 0) is 11.8 Å². The molecule has 0 saturated carbocycles. The van der Waals surface area contributed by atoms with Crippen LogP contribution in [0.15, 0.2) is 47.2 Å². The summed E-state index contributed by atoms with van der Waals surface area (Å²) in [6.07, 6.45) is 0.917. The van der Waals surface area contributed by atoms with Gasteiger partial charge in [-0.3, -0.25) is 0 Å². The molecule has 0 unspecified atom stereocenters. The lowest BCUT2D eigenvalue weighted by Crippen LogP contribution is -2.23. The second kappa shape index (κ2) is 4.27. The quantitative estimate of drug-likeness (QED) is 0.588. The van der Waals surface area contributed by atoms with Crippen LogP contribution in [0.3, 0.4) is 0 Å². The first-order valence-electron chi connectivity index (χ1n) is 6.59. The molecule has 0 bridgehead atoms. The van der Waals surface area contributed by atoms with Gasteiger partial charge in [-0.15, -0.1) is 22.7 Å². The average Bonchev–Trinajstić information content (AvgIpc) is 3.11. The molecule has 4 rings (SSSR count). The minimum atomic E-state index is -0.169. The molecule has 0 spiro atoms. The van der Waals surface area contributed by atoms with Crippen molar-refractivity contribution in [1.29, 1.82) is 0 Å². The Bertz CT molecular complexity index is 724.